The molecule has 1 unspecified atom stereocenters. The Balaban J connectivity index is 2.10. The van der Waals surface area contributed by atoms with Gasteiger partial charge in [0, 0.05) is 18.7 Å². The van der Waals surface area contributed by atoms with Gasteiger partial charge in [0.05, 0.1) is 6.61 Å². The maximum Gasteiger partial charge on any atom is 0.233 e. The second kappa shape index (κ2) is 6.57. The van der Waals surface area contributed by atoms with Crippen LogP contribution in [-0.2, 0) is 4.79 Å². The van der Waals surface area contributed by atoms with Crippen LogP contribution >= 0.6 is 0 Å². The number of hydrogen-bond acceptors (Lipinski definition) is 3. The summed E-state index contributed by atoms with van der Waals surface area (Å²) >= 11 is 0. The normalized spacial score (nSPS) is 16.8. The average Bonchev–Trinajstić information content (AvgIpc) is 2.86. The zero-order valence-electron chi connectivity index (χ0n) is 11.3. The Bertz CT molecular complexity index is 433. The molecular formula is C15H21NO3. The number of ether oxygens (including phenoxy) is 1. The monoisotopic (exact) mass is 263 g/mol. The van der Waals surface area contributed by atoms with Crippen LogP contribution in [-0.4, -0.2) is 42.2 Å². The lowest BCUT2D eigenvalue weighted by atomic mass is 9.99. The average molecular weight is 263 g/mol. The van der Waals surface area contributed by atoms with Gasteiger partial charge in [-0.05, 0) is 12.5 Å². The number of nitrogens with zero attached hydrogens (tertiary/aromatic N) is 1. The molecular weight excluding hydrogens is 242 g/mol. The summed E-state index contributed by atoms with van der Waals surface area (Å²) in [6.07, 6.45) is 1.99. The van der Waals surface area contributed by atoms with Crippen molar-refractivity contribution in [3.05, 3.63) is 29.8 Å². The molecule has 0 saturated carbocycles. The van der Waals surface area contributed by atoms with E-state index in [-0.39, 0.29) is 18.4 Å². The summed E-state index contributed by atoms with van der Waals surface area (Å²) < 4.78 is 5.55. The Labute approximate surface area is 114 Å². The first-order chi connectivity index (χ1) is 9.27. The van der Waals surface area contributed by atoms with Gasteiger partial charge >= 0.3 is 0 Å². The van der Waals surface area contributed by atoms with Gasteiger partial charge in [0.15, 0.2) is 0 Å². The summed E-state index contributed by atoms with van der Waals surface area (Å²) in [5.74, 6) is 0.646. The molecule has 0 saturated heterocycles. The molecule has 0 bridgehead atoms. The first kappa shape index (κ1) is 13.9. The van der Waals surface area contributed by atoms with Crippen molar-refractivity contribution in [1.82, 2.24) is 4.90 Å². The van der Waals surface area contributed by atoms with Crippen molar-refractivity contribution < 1.29 is 14.6 Å². The fraction of sp³-hybridized carbons (Fsp3) is 0.533. The molecule has 0 aromatic heterocycles. The Morgan fingerprint density at radius 2 is 2.21 bits per heavy atom. The highest BCUT2D eigenvalue weighted by Crippen LogP contribution is 2.34. The van der Waals surface area contributed by atoms with E-state index < -0.39 is 0 Å². The van der Waals surface area contributed by atoms with Gasteiger partial charge in [-0.3, -0.25) is 4.79 Å². The SMILES string of the molecule is CCCCN(CCO)C(=O)C1COc2ccccc21. The zero-order chi connectivity index (χ0) is 13.7. The summed E-state index contributed by atoms with van der Waals surface area (Å²) in [5.41, 5.74) is 0.965. The first-order valence-corrected chi connectivity index (χ1v) is 6.89. The van der Waals surface area contributed by atoms with Crippen molar-refractivity contribution in [3.8, 4) is 5.75 Å². The summed E-state index contributed by atoms with van der Waals surface area (Å²) in [5, 5.41) is 9.10. The minimum absolute atomic E-state index is 0.00464. The first-order valence-electron chi connectivity index (χ1n) is 6.89. The Morgan fingerprint density at radius 3 is 2.95 bits per heavy atom. The van der Waals surface area contributed by atoms with Crippen molar-refractivity contribution >= 4 is 5.91 Å². The topological polar surface area (TPSA) is 49.8 Å². The van der Waals surface area contributed by atoms with E-state index in [4.69, 9.17) is 9.84 Å². The van der Waals surface area contributed by atoms with Gasteiger partial charge in [0.1, 0.15) is 18.3 Å². The predicted molar refractivity (Wildman–Crippen MR) is 73.3 cm³/mol. The number of fused-ring (bicyclic) bond motifs is 1. The number of hydrogen-bond donors (Lipinski definition) is 1. The number of aliphatic hydroxyl groups is 1. The van der Waals surface area contributed by atoms with Crippen LogP contribution in [0.25, 0.3) is 0 Å². The Kier molecular flexibility index (Phi) is 4.80. The van der Waals surface area contributed by atoms with Gasteiger partial charge in [-0.1, -0.05) is 31.5 Å². The van der Waals surface area contributed by atoms with E-state index in [0.29, 0.717) is 19.7 Å². The minimum Gasteiger partial charge on any atom is -0.492 e. The second-order valence-electron chi connectivity index (χ2n) is 4.80. The molecule has 19 heavy (non-hydrogen) atoms. The highest BCUT2D eigenvalue weighted by atomic mass is 16.5. The summed E-state index contributed by atoms with van der Waals surface area (Å²) in [7, 11) is 0. The Morgan fingerprint density at radius 1 is 1.42 bits per heavy atom. The maximum absolute atomic E-state index is 12.5. The summed E-state index contributed by atoms with van der Waals surface area (Å²) in [4.78, 5) is 14.3. The van der Waals surface area contributed by atoms with E-state index >= 15 is 0 Å². The van der Waals surface area contributed by atoms with Gasteiger partial charge in [-0.15, -0.1) is 0 Å². The van der Waals surface area contributed by atoms with Crippen LogP contribution < -0.4 is 4.74 Å². The van der Waals surface area contributed by atoms with Gasteiger partial charge in [0.25, 0.3) is 0 Å². The number of rotatable bonds is 6. The lowest BCUT2D eigenvalue weighted by Crippen LogP contribution is -2.38. The highest BCUT2D eigenvalue weighted by molar-refractivity contribution is 5.85. The molecule has 1 heterocycles. The number of carbonyl (C=O) groups excluding carboxylic acids is 1. The van der Waals surface area contributed by atoms with Crippen LogP contribution in [0.4, 0.5) is 0 Å². The van der Waals surface area contributed by atoms with Crippen molar-refractivity contribution in [3.63, 3.8) is 0 Å². The molecule has 1 aliphatic heterocycles. The lowest BCUT2D eigenvalue weighted by Gasteiger charge is -2.24. The molecule has 0 aliphatic carbocycles. The molecule has 4 nitrogen and oxygen atoms in total. The quantitative estimate of drug-likeness (QED) is 0.851. The molecule has 1 atom stereocenters. The molecule has 0 radical (unpaired) electrons. The van der Waals surface area contributed by atoms with E-state index in [1.54, 1.807) is 4.90 Å². The van der Waals surface area contributed by atoms with Gasteiger partial charge in [-0.25, -0.2) is 0 Å². The third-order valence-corrected chi connectivity index (χ3v) is 3.46. The predicted octanol–water partition coefficient (Wildman–Crippen LogP) is 1.78. The van der Waals surface area contributed by atoms with E-state index in [1.807, 2.05) is 24.3 Å². The lowest BCUT2D eigenvalue weighted by molar-refractivity contribution is -0.133. The summed E-state index contributed by atoms with van der Waals surface area (Å²) in [6, 6.07) is 7.68. The second-order valence-corrected chi connectivity index (χ2v) is 4.80. The standard InChI is InChI=1S/C15H21NO3/c1-2-3-8-16(9-10-17)15(18)13-11-19-14-7-5-4-6-12(13)14/h4-7,13,17H,2-3,8-11H2,1H3. The third kappa shape index (κ3) is 3.07. The molecule has 1 aliphatic rings. The van der Waals surface area contributed by atoms with Crippen molar-refractivity contribution in [2.75, 3.05) is 26.3 Å². The van der Waals surface area contributed by atoms with Gasteiger partial charge < -0.3 is 14.7 Å². The highest BCUT2D eigenvalue weighted by Gasteiger charge is 2.32. The molecule has 0 fully saturated rings. The number of benzene rings is 1. The molecule has 1 aromatic rings. The van der Waals surface area contributed by atoms with Gasteiger partial charge in [0.2, 0.25) is 5.91 Å². The van der Waals surface area contributed by atoms with Crippen LogP contribution in [0.1, 0.15) is 31.2 Å². The van der Waals surface area contributed by atoms with Crippen LogP contribution in [0.2, 0.25) is 0 Å². The van der Waals surface area contributed by atoms with Crippen LogP contribution in [0.15, 0.2) is 24.3 Å². The third-order valence-electron chi connectivity index (χ3n) is 3.46. The van der Waals surface area contributed by atoms with E-state index in [9.17, 15) is 4.79 Å². The largest absolute Gasteiger partial charge is 0.492 e. The van der Waals surface area contributed by atoms with Crippen LogP contribution in [0, 0.1) is 0 Å². The number of para-hydroxylation sites is 1. The maximum atomic E-state index is 12.5. The van der Waals surface area contributed by atoms with E-state index in [0.717, 1.165) is 24.2 Å². The van der Waals surface area contributed by atoms with Crippen molar-refractivity contribution in [2.45, 2.75) is 25.7 Å². The molecule has 1 aromatic carbocycles. The molecule has 2 rings (SSSR count). The smallest absolute Gasteiger partial charge is 0.233 e. The number of amides is 1. The fourth-order valence-corrected chi connectivity index (χ4v) is 2.39. The molecule has 4 heteroatoms. The van der Waals surface area contributed by atoms with Crippen LogP contribution in [0.3, 0.4) is 0 Å². The van der Waals surface area contributed by atoms with E-state index in [2.05, 4.69) is 6.92 Å². The number of unbranched alkanes of at least 4 members (excludes halogenated alkanes) is 1. The minimum atomic E-state index is -0.223. The fourth-order valence-electron chi connectivity index (χ4n) is 2.39. The molecule has 1 amide bonds. The number of aliphatic hydroxyl groups excluding tert-OH is 1. The van der Waals surface area contributed by atoms with E-state index in [1.165, 1.54) is 0 Å². The van der Waals surface area contributed by atoms with Gasteiger partial charge in [-0.2, -0.15) is 0 Å². The zero-order valence-corrected chi connectivity index (χ0v) is 11.3. The molecule has 1 N–H and O–H groups in total. The molecule has 0 spiro atoms. The number of carbonyl (C=O) groups is 1. The molecule has 104 valence electrons. The van der Waals surface area contributed by atoms with Crippen molar-refractivity contribution in [2.24, 2.45) is 0 Å². The van der Waals surface area contributed by atoms with Crippen molar-refractivity contribution in [1.29, 1.82) is 0 Å². The Hall–Kier alpha value is -1.55. The van der Waals surface area contributed by atoms with Crippen LogP contribution in [0.5, 0.6) is 5.75 Å². The summed E-state index contributed by atoms with van der Waals surface area (Å²) in [6.45, 7) is 3.61.